The van der Waals surface area contributed by atoms with Gasteiger partial charge in [0.15, 0.2) is 0 Å². The molecule has 0 aliphatic rings. The van der Waals surface area contributed by atoms with Gasteiger partial charge in [-0.1, -0.05) is 61.9 Å². The molecule has 5 heteroatoms. The van der Waals surface area contributed by atoms with Gasteiger partial charge in [-0.15, -0.1) is 0 Å². The zero-order valence-corrected chi connectivity index (χ0v) is 17.3. The van der Waals surface area contributed by atoms with Crippen LogP contribution in [0.15, 0.2) is 48.5 Å². The molecule has 0 unspecified atom stereocenters. The van der Waals surface area contributed by atoms with Gasteiger partial charge in [-0.3, -0.25) is 0 Å². The van der Waals surface area contributed by atoms with Gasteiger partial charge in [0.25, 0.3) is 0 Å². The SMILES string of the molecule is CCCc1cccc(-c2ccccc2)c1OCCC[Si](OC)(OC)OC. The highest BCUT2D eigenvalue weighted by molar-refractivity contribution is 6.60. The fourth-order valence-corrected chi connectivity index (χ4v) is 4.78. The van der Waals surface area contributed by atoms with Gasteiger partial charge in [0.05, 0.1) is 6.61 Å². The van der Waals surface area contributed by atoms with Crippen LogP contribution in [-0.4, -0.2) is 36.7 Å². The van der Waals surface area contributed by atoms with Crippen molar-refractivity contribution in [2.45, 2.75) is 32.2 Å². The largest absolute Gasteiger partial charge is 0.500 e. The Bertz CT molecular complexity index is 648. The topological polar surface area (TPSA) is 36.9 Å². The van der Waals surface area contributed by atoms with Crippen molar-refractivity contribution in [2.24, 2.45) is 0 Å². The summed E-state index contributed by atoms with van der Waals surface area (Å²) in [6.45, 7) is 2.79. The maximum Gasteiger partial charge on any atom is 0.500 e. The average Bonchev–Trinajstić information content (AvgIpc) is 2.70. The van der Waals surface area contributed by atoms with E-state index in [-0.39, 0.29) is 0 Å². The summed E-state index contributed by atoms with van der Waals surface area (Å²) < 4.78 is 22.7. The van der Waals surface area contributed by atoms with Gasteiger partial charge in [-0.2, -0.15) is 0 Å². The molecule has 2 rings (SSSR count). The van der Waals surface area contributed by atoms with E-state index in [2.05, 4.69) is 49.4 Å². The van der Waals surface area contributed by atoms with Crippen molar-refractivity contribution in [2.75, 3.05) is 27.9 Å². The molecule has 2 aromatic carbocycles. The predicted molar refractivity (Wildman–Crippen MR) is 108 cm³/mol. The Morgan fingerprint density at radius 2 is 1.54 bits per heavy atom. The van der Waals surface area contributed by atoms with Crippen LogP contribution in [0.3, 0.4) is 0 Å². The Morgan fingerprint density at radius 1 is 0.846 bits per heavy atom. The summed E-state index contributed by atoms with van der Waals surface area (Å²) in [4.78, 5) is 0. The molecule has 0 radical (unpaired) electrons. The molecule has 4 nitrogen and oxygen atoms in total. The molecule has 0 saturated heterocycles. The average molecular weight is 375 g/mol. The van der Waals surface area contributed by atoms with Gasteiger partial charge in [-0.25, -0.2) is 0 Å². The van der Waals surface area contributed by atoms with Crippen LogP contribution >= 0.6 is 0 Å². The van der Waals surface area contributed by atoms with E-state index in [9.17, 15) is 0 Å². The highest BCUT2D eigenvalue weighted by atomic mass is 28.4. The van der Waals surface area contributed by atoms with Gasteiger partial charge in [0, 0.05) is 32.9 Å². The molecule has 0 atom stereocenters. The van der Waals surface area contributed by atoms with E-state index in [1.165, 1.54) is 11.1 Å². The maximum atomic E-state index is 6.26. The first-order valence-electron chi connectivity index (χ1n) is 9.15. The Hall–Kier alpha value is -1.66. The van der Waals surface area contributed by atoms with Crippen molar-refractivity contribution < 1.29 is 18.0 Å². The quantitative estimate of drug-likeness (QED) is 0.412. The van der Waals surface area contributed by atoms with E-state index in [1.54, 1.807) is 21.3 Å². The van der Waals surface area contributed by atoms with Gasteiger partial charge in [-0.05, 0) is 24.0 Å². The van der Waals surface area contributed by atoms with Crippen LogP contribution in [0.5, 0.6) is 5.75 Å². The number of hydrogen-bond donors (Lipinski definition) is 0. The number of aryl methyl sites for hydroxylation is 1. The standard InChI is InChI=1S/C21H30O4Si/c1-5-11-19-14-9-15-20(18-12-7-6-8-13-18)21(19)25-16-10-17-26(22-2,23-3)24-4/h6-9,12-15H,5,10-11,16-17H2,1-4H3. The maximum absolute atomic E-state index is 6.26. The fourth-order valence-electron chi connectivity index (χ4n) is 3.09. The molecule has 2 aromatic rings. The molecule has 0 heterocycles. The molecule has 0 saturated carbocycles. The lowest BCUT2D eigenvalue weighted by molar-refractivity contribution is 0.121. The summed E-state index contributed by atoms with van der Waals surface area (Å²) in [6.07, 6.45) is 2.90. The summed E-state index contributed by atoms with van der Waals surface area (Å²) in [7, 11) is 2.39. The molecule has 0 aliphatic carbocycles. The van der Waals surface area contributed by atoms with E-state index < -0.39 is 8.80 Å². The molecule has 0 aliphatic heterocycles. The third-order valence-corrected chi connectivity index (χ3v) is 7.34. The van der Waals surface area contributed by atoms with E-state index in [1.807, 2.05) is 6.07 Å². The number of ether oxygens (including phenoxy) is 1. The highest BCUT2D eigenvalue weighted by Crippen LogP contribution is 2.34. The van der Waals surface area contributed by atoms with E-state index >= 15 is 0 Å². The van der Waals surface area contributed by atoms with Crippen molar-refractivity contribution in [3.63, 3.8) is 0 Å². The molecule has 0 fully saturated rings. The Balaban J connectivity index is 2.14. The molecule has 0 spiro atoms. The smallest absolute Gasteiger partial charge is 0.493 e. The normalized spacial score (nSPS) is 11.5. The monoisotopic (exact) mass is 374 g/mol. The molecule has 26 heavy (non-hydrogen) atoms. The first kappa shape index (κ1) is 20.6. The fraction of sp³-hybridized carbons (Fsp3) is 0.429. The van der Waals surface area contributed by atoms with Gasteiger partial charge in [0.2, 0.25) is 0 Å². The second kappa shape index (κ2) is 10.5. The minimum Gasteiger partial charge on any atom is -0.493 e. The highest BCUT2D eigenvalue weighted by Gasteiger charge is 2.36. The zero-order chi connectivity index (χ0) is 18.8. The minimum absolute atomic E-state index is 0.603. The van der Waals surface area contributed by atoms with Crippen LogP contribution in [0.4, 0.5) is 0 Å². The van der Waals surface area contributed by atoms with Crippen LogP contribution in [0.1, 0.15) is 25.3 Å². The lowest BCUT2D eigenvalue weighted by atomic mass is 9.99. The Kier molecular flexibility index (Phi) is 8.32. The summed E-state index contributed by atoms with van der Waals surface area (Å²) in [6, 6.07) is 17.5. The van der Waals surface area contributed by atoms with Crippen molar-refractivity contribution >= 4 is 8.80 Å². The first-order chi connectivity index (χ1) is 12.7. The number of rotatable bonds is 11. The zero-order valence-electron chi connectivity index (χ0n) is 16.3. The van der Waals surface area contributed by atoms with Crippen molar-refractivity contribution in [3.8, 4) is 16.9 Å². The number of hydrogen-bond acceptors (Lipinski definition) is 4. The van der Waals surface area contributed by atoms with Crippen molar-refractivity contribution in [1.82, 2.24) is 0 Å². The Labute approximate surface area is 158 Å². The van der Waals surface area contributed by atoms with Gasteiger partial charge >= 0.3 is 8.80 Å². The molecule has 0 amide bonds. The van der Waals surface area contributed by atoms with E-state index in [0.29, 0.717) is 6.61 Å². The van der Waals surface area contributed by atoms with Gasteiger partial charge in [0.1, 0.15) is 5.75 Å². The lowest BCUT2D eigenvalue weighted by Gasteiger charge is -2.24. The third-order valence-electron chi connectivity index (χ3n) is 4.51. The molecule has 0 aromatic heterocycles. The Morgan fingerprint density at radius 3 is 2.15 bits per heavy atom. The summed E-state index contributed by atoms with van der Waals surface area (Å²) in [5, 5.41) is 0. The van der Waals surface area contributed by atoms with Crippen LogP contribution in [0, 0.1) is 0 Å². The van der Waals surface area contributed by atoms with Crippen LogP contribution < -0.4 is 4.74 Å². The van der Waals surface area contributed by atoms with Crippen molar-refractivity contribution in [1.29, 1.82) is 0 Å². The first-order valence-corrected chi connectivity index (χ1v) is 11.1. The number of benzene rings is 2. The molecule has 0 bridgehead atoms. The molecular formula is C21H30O4Si. The lowest BCUT2D eigenvalue weighted by Crippen LogP contribution is -2.42. The number of para-hydroxylation sites is 1. The molecular weight excluding hydrogens is 344 g/mol. The summed E-state index contributed by atoms with van der Waals surface area (Å²) >= 11 is 0. The van der Waals surface area contributed by atoms with E-state index in [0.717, 1.165) is 36.6 Å². The second-order valence-corrected chi connectivity index (χ2v) is 9.25. The summed E-state index contributed by atoms with van der Waals surface area (Å²) in [5.41, 5.74) is 3.57. The van der Waals surface area contributed by atoms with Crippen LogP contribution in [0.2, 0.25) is 6.04 Å². The third kappa shape index (κ3) is 5.17. The minimum atomic E-state index is -2.54. The summed E-state index contributed by atoms with van der Waals surface area (Å²) in [5.74, 6) is 0.986. The van der Waals surface area contributed by atoms with Crippen LogP contribution in [0.25, 0.3) is 11.1 Å². The van der Waals surface area contributed by atoms with Gasteiger partial charge < -0.3 is 18.0 Å². The second-order valence-electron chi connectivity index (χ2n) is 6.16. The van der Waals surface area contributed by atoms with Crippen LogP contribution in [-0.2, 0) is 19.7 Å². The van der Waals surface area contributed by atoms with Crippen molar-refractivity contribution in [3.05, 3.63) is 54.1 Å². The van der Waals surface area contributed by atoms with E-state index in [4.69, 9.17) is 18.0 Å². The predicted octanol–water partition coefficient (Wildman–Crippen LogP) is 4.95. The molecule has 0 N–H and O–H groups in total. The molecule has 142 valence electrons.